The van der Waals surface area contributed by atoms with E-state index in [0.717, 1.165) is 16.7 Å². The first-order valence-electron chi connectivity index (χ1n) is 10.7. The zero-order valence-electron chi connectivity index (χ0n) is 18.1. The van der Waals surface area contributed by atoms with Gasteiger partial charge in [-0.25, -0.2) is 4.68 Å². The van der Waals surface area contributed by atoms with Crippen molar-refractivity contribution < 1.29 is 4.79 Å². The Hall–Kier alpha value is -3.21. The van der Waals surface area contributed by atoms with Gasteiger partial charge in [0.05, 0.1) is 11.9 Å². The molecule has 0 unspecified atom stereocenters. The number of fused-ring (bicyclic) bond motifs is 2. The van der Waals surface area contributed by atoms with Crippen molar-refractivity contribution >= 4 is 11.6 Å². The lowest BCUT2D eigenvalue weighted by Crippen LogP contribution is -2.58. The van der Waals surface area contributed by atoms with E-state index >= 15 is 0 Å². The number of nitrogens with one attached hydrogen (secondary N) is 2. The van der Waals surface area contributed by atoms with Crippen LogP contribution in [0.1, 0.15) is 44.7 Å². The van der Waals surface area contributed by atoms with Gasteiger partial charge in [0.15, 0.2) is 0 Å². The molecule has 8 nitrogen and oxygen atoms in total. The second kappa shape index (κ2) is 8.14. The molecule has 31 heavy (non-hydrogen) atoms. The van der Waals surface area contributed by atoms with E-state index in [0.29, 0.717) is 35.4 Å². The lowest BCUT2D eigenvalue weighted by atomic mass is 9.45. The van der Waals surface area contributed by atoms with Crippen LogP contribution in [-0.2, 0) is 17.9 Å². The standard InChI is InChI=1S/C23H28N6O2/c1-14-18-8-16(23(18,2)3)9-19(14)28-20-12-27-29(22(31)17(20)10-24)13-21(30)26-11-15-4-6-25-7-5-15/h4-7,12,14,16,18-19,28H,8-9,11,13H2,1-3H3,(H,26,30)/t14-,16-,18+,19-/m1/s1. The van der Waals surface area contributed by atoms with Crippen LogP contribution in [0.2, 0.25) is 0 Å². The van der Waals surface area contributed by atoms with Crippen LogP contribution in [0.5, 0.6) is 0 Å². The van der Waals surface area contributed by atoms with Crippen LogP contribution >= 0.6 is 0 Å². The molecule has 162 valence electrons. The number of hydrogen-bond acceptors (Lipinski definition) is 6. The smallest absolute Gasteiger partial charge is 0.287 e. The van der Waals surface area contributed by atoms with E-state index in [1.807, 2.05) is 6.07 Å². The molecule has 2 bridgehead atoms. The predicted octanol–water partition coefficient (Wildman–Crippen LogP) is 2.31. The molecule has 0 radical (unpaired) electrons. The highest BCUT2D eigenvalue weighted by molar-refractivity contribution is 5.75. The van der Waals surface area contributed by atoms with Gasteiger partial charge in [-0.05, 0) is 53.7 Å². The fourth-order valence-corrected chi connectivity index (χ4v) is 5.25. The van der Waals surface area contributed by atoms with Crippen LogP contribution in [0.15, 0.2) is 35.5 Å². The Kier molecular flexibility index (Phi) is 5.52. The minimum Gasteiger partial charge on any atom is -0.379 e. The van der Waals surface area contributed by atoms with Crippen molar-refractivity contribution in [2.75, 3.05) is 5.32 Å². The number of nitrogens with zero attached hydrogens (tertiary/aromatic N) is 4. The van der Waals surface area contributed by atoms with Gasteiger partial charge < -0.3 is 10.6 Å². The van der Waals surface area contributed by atoms with Crippen LogP contribution in [0.25, 0.3) is 0 Å². The maximum Gasteiger partial charge on any atom is 0.287 e. The van der Waals surface area contributed by atoms with E-state index in [1.165, 1.54) is 12.6 Å². The van der Waals surface area contributed by atoms with Crippen LogP contribution in [-0.4, -0.2) is 26.7 Å². The van der Waals surface area contributed by atoms with Gasteiger partial charge in [-0.2, -0.15) is 10.4 Å². The quantitative estimate of drug-likeness (QED) is 0.742. The van der Waals surface area contributed by atoms with Gasteiger partial charge >= 0.3 is 0 Å². The Morgan fingerprint density at radius 1 is 1.32 bits per heavy atom. The molecule has 0 saturated heterocycles. The summed E-state index contributed by atoms with van der Waals surface area (Å²) in [7, 11) is 0. The number of hydrogen-bond donors (Lipinski definition) is 2. The molecule has 3 aliphatic carbocycles. The molecule has 1 amide bonds. The highest BCUT2D eigenvalue weighted by Gasteiger charge is 2.56. The summed E-state index contributed by atoms with van der Waals surface area (Å²) in [5.74, 6) is 1.41. The minimum atomic E-state index is -0.555. The number of carbonyl (C=O) groups excluding carboxylic acids is 1. The number of nitriles is 1. The number of carbonyl (C=O) groups is 1. The Labute approximate surface area is 181 Å². The van der Waals surface area contributed by atoms with Gasteiger partial charge in [-0.15, -0.1) is 0 Å². The highest BCUT2D eigenvalue weighted by Crippen LogP contribution is 2.61. The van der Waals surface area contributed by atoms with Crippen molar-refractivity contribution in [1.29, 1.82) is 5.26 Å². The average Bonchev–Trinajstić information content (AvgIpc) is 2.76. The second-order valence-corrected chi connectivity index (χ2v) is 9.35. The van der Waals surface area contributed by atoms with Crippen molar-refractivity contribution in [3.8, 4) is 6.07 Å². The molecule has 3 aliphatic rings. The summed E-state index contributed by atoms with van der Waals surface area (Å²) in [4.78, 5) is 29.0. The molecule has 2 aromatic heterocycles. The molecule has 8 heteroatoms. The van der Waals surface area contributed by atoms with E-state index < -0.39 is 5.56 Å². The van der Waals surface area contributed by atoms with Crippen molar-refractivity contribution in [1.82, 2.24) is 20.1 Å². The van der Waals surface area contributed by atoms with E-state index in [4.69, 9.17) is 0 Å². The van der Waals surface area contributed by atoms with E-state index in [-0.39, 0.29) is 24.1 Å². The largest absolute Gasteiger partial charge is 0.379 e. The lowest BCUT2D eigenvalue weighted by Gasteiger charge is -2.62. The Balaban J connectivity index is 1.43. The van der Waals surface area contributed by atoms with Crippen molar-refractivity contribution in [3.05, 3.63) is 52.2 Å². The lowest BCUT2D eigenvalue weighted by molar-refractivity contribution is -0.122. The Bertz CT molecular complexity index is 1070. The van der Waals surface area contributed by atoms with Gasteiger partial charge in [0.2, 0.25) is 5.91 Å². The monoisotopic (exact) mass is 420 g/mol. The zero-order valence-corrected chi connectivity index (χ0v) is 18.1. The SMILES string of the molecule is C[C@H]1[C@H](Nc2cnn(CC(=O)NCc3ccncc3)c(=O)c2C#N)C[C@H]2C[C@@H]1C2(C)C. The minimum absolute atomic E-state index is 0.00245. The van der Waals surface area contributed by atoms with Crippen molar-refractivity contribution in [2.24, 2.45) is 23.2 Å². The molecule has 2 heterocycles. The number of rotatable bonds is 6. The summed E-state index contributed by atoms with van der Waals surface area (Å²) in [5.41, 5.74) is 1.17. The van der Waals surface area contributed by atoms with Gasteiger partial charge in [0.25, 0.3) is 5.56 Å². The van der Waals surface area contributed by atoms with E-state index in [1.54, 1.807) is 24.5 Å². The molecule has 0 aliphatic heterocycles. The molecule has 0 aromatic carbocycles. The van der Waals surface area contributed by atoms with Crippen LogP contribution in [0.4, 0.5) is 5.69 Å². The summed E-state index contributed by atoms with van der Waals surface area (Å²) >= 11 is 0. The van der Waals surface area contributed by atoms with Gasteiger partial charge in [-0.1, -0.05) is 20.8 Å². The summed E-state index contributed by atoms with van der Waals surface area (Å²) in [6.07, 6.45) is 7.07. The number of anilines is 1. The third-order valence-electron chi connectivity index (χ3n) is 7.38. The summed E-state index contributed by atoms with van der Waals surface area (Å²) < 4.78 is 1.04. The number of pyridine rings is 1. The number of aromatic nitrogens is 3. The van der Waals surface area contributed by atoms with Gasteiger partial charge in [0.1, 0.15) is 18.2 Å². The van der Waals surface area contributed by atoms with Gasteiger partial charge in [-0.3, -0.25) is 14.6 Å². The predicted molar refractivity (Wildman–Crippen MR) is 116 cm³/mol. The molecule has 3 saturated carbocycles. The molecular weight excluding hydrogens is 392 g/mol. The van der Waals surface area contributed by atoms with Crippen molar-refractivity contribution in [2.45, 2.75) is 52.7 Å². The van der Waals surface area contributed by atoms with Crippen molar-refractivity contribution in [3.63, 3.8) is 0 Å². The third-order valence-corrected chi connectivity index (χ3v) is 7.38. The maximum absolute atomic E-state index is 12.8. The summed E-state index contributed by atoms with van der Waals surface area (Å²) in [6.45, 7) is 7.01. The zero-order chi connectivity index (χ0) is 22.2. The third kappa shape index (κ3) is 3.92. The van der Waals surface area contributed by atoms with Crippen LogP contribution in [0.3, 0.4) is 0 Å². The normalized spacial score (nSPS) is 25.7. The molecule has 5 rings (SSSR count). The molecule has 3 fully saturated rings. The maximum atomic E-state index is 12.8. The van der Waals surface area contributed by atoms with Crippen LogP contribution in [0, 0.1) is 34.5 Å². The summed E-state index contributed by atoms with van der Waals surface area (Å²) in [6, 6.07) is 5.82. The molecule has 2 N–H and O–H groups in total. The first kappa shape index (κ1) is 21.0. The molecular formula is C23H28N6O2. The van der Waals surface area contributed by atoms with E-state index in [9.17, 15) is 14.9 Å². The topological polar surface area (TPSA) is 113 Å². The van der Waals surface area contributed by atoms with E-state index in [2.05, 4.69) is 41.5 Å². The number of amides is 1. The fourth-order valence-electron chi connectivity index (χ4n) is 5.25. The molecule has 0 spiro atoms. The first-order chi connectivity index (χ1) is 14.8. The Morgan fingerprint density at radius 2 is 2.06 bits per heavy atom. The molecule has 2 aromatic rings. The average molecular weight is 421 g/mol. The summed E-state index contributed by atoms with van der Waals surface area (Å²) in [5, 5.41) is 19.9. The second-order valence-electron chi connectivity index (χ2n) is 9.35. The fraction of sp³-hybridized carbons (Fsp3) is 0.522. The van der Waals surface area contributed by atoms with Crippen LogP contribution < -0.4 is 16.2 Å². The Morgan fingerprint density at radius 3 is 2.71 bits per heavy atom. The highest BCUT2D eigenvalue weighted by atomic mass is 16.2. The first-order valence-corrected chi connectivity index (χ1v) is 10.7. The van der Waals surface area contributed by atoms with Gasteiger partial charge in [0, 0.05) is 25.0 Å². The molecule has 4 atom stereocenters.